The SMILES string of the molecule is CCC(C)(CNC(=O)Cc1ccc([N+](=O)[O-])cc1)C(=O)O. The summed E-state index contributed by atoms with van der Waals surface area (Å²) in [6.45, 7) is 3.36. The molecule has 1 rings (SSSR count). The summed E-state index contributed by atoms with van der Waals surface area (Å²) < 4.78 is 0. The quantitative estimate of drug-likeness (QED) is 0.588. The van der Waals surface area contributed by atoms with E-state index in [0.717, 1.165) is 0 Å². The highest BCUT2D eigenvalue weighted by molar-refractivity contribution is 5.80. The number of nitro groups is 1. The average molecular weight is 294 g/mol. The number of nitrogens with zero attached hydrogens (tertiary/aromatic N) is 1. The number of carboxylic acids is 1. The molecule has 0 heterocycles. The summed E-state index contributed by atoms with van der Waals surface area (Å²) in [7, 11) is 0. The van der Waals surface area contributed by atoms with E-state index in [1.807, 2.05) is 0 Å². The second kappa shape index (κ2) is 6.83. The van der Waals surface area contributed by atoms with E-state index in [2.05, 4.69) is 5.32 Å². The second-order valence-corrected chi connectivity index (χ2v) is 5.10. The largest absolute Gasteiger partial charge is 0.481 e. The molecular formula is C14H18N2O5. The van der Waals surface area contributed by atoms with Crippen LogP contribution in [0.1, 0.15) is 25.8 Å². The first kappa shape index (κ1) is 16.6. The topological polar surface area (TPSA) is 110 Å². The molecule has 0 saturated carbocycles. The van der Waals surface area contributed by atoms with E-state index in [1.54, 1.807) is 13.8 Å². The fraction of sp³-hybridized carbons (Fsp3) is 0.429. The Morgan fingerprint density at radius 3 is 2.33 bits per heavy atom. The lowest BCUT2D eigenvalue weighted by atomic mass is 9.87. The molecule has 0 spiro atoms. The fourth-order valence-corrected chi connectivity index (χ4v) is 1.63. The van der Waals surface area contributed by atoms with Gasteiger partial charge < -0.3 is 10.4 Å². The van der Waals surface area contributed by atoms with Crippen LogP contribution in [0.25, 0.3) is 0 Å². The molecule has 0 aromatic heterocycles. The van der Waals surface area contributed by atoms with Crippen LogP contribution in [-0.4, -0.2) is 28.5 Å². The van der Waals surface area contributed by atoms with Crippen LogP contribution in [0.15, 0.2) is 24.3 Å². The number of nitro benzene ring substituents is 1. The number of aliphatic carboxylic acids is 1. The zero-order valence-electron chi connectivity index (χ0n) is 12.0. The van der Waals surface area contributed by atoms with Crippen molar-refractivity contribution in [1.29, 1.82) is 0 Å². The molecule has 1 unspecified atom stereocenters. The lowest BCUT2D eigenvalue weighted by Crippen LogP contribution is -2.41. The van der Waals surface area contributed by atoms with E-state index in [1.165, 1.54) is 24.3 Å². The second-order valence-electron chi connectivity index (χ2n) is 5.10. The van der Waals surface area contributed by atoms with Crippen molar-refractivity contribution in [2.45, 2.75) is 26.7 Å². The van der Waals surface area contributed by atoms with Crippen LogP contribution < -0.4 is 5.32 Å². The molecular weight excluding hydrogens is 276 g/mol. The van der Waals surface area contributed by atoms with Crippen molar-refractivity contribution in [2.75, 3.05) is 6.54 Å². The molecule has 7 nitrogen and oxygen atoms in total. The zero-order chi connectivity index (χ0) is 16.0. The Hall–Kier alpha value is -2.44. The Balaban J connectivity index is 2.58. The summed E-state index contributed by atoms with van der Waals surface area (Å²) in [6.07, 6.45) is 0.456. The van der Waals surface area contributed by atoms with Gasteiger partial charge in [0, 0.05) is 18.7 Å². The van der Waals surface area contributed by atoms with Crippen LogP contribution in [-0.2, 0) is 16.0 Å². The van der Waals surface area contributed by atoms with Gasteiger partial charge in [0.1, 0.15) is 0 Å². The highest BCUT2D eigenvalue weighted by Gasteiger charge is 2.31. The van der Waals surface area contributed by atoms with Crippen molar-refractivity contribution in [2.24, 2.45) is 5.41 Å². The maximum absolute atomic E-state index is 11.8. The molecule has 2 N–H and O–H groups in total. The van der Waals surface area contributed by atoms with Gasteiger partial charge >= 0.3 is 5.97 Å². The number of hydrogen-bond donors (Lipinski definition) is 2. The lowest BCUT2D eigenvalue weighted by Gasteiger charge is -2.23. The summed E-state index contributed by atoms with van der Waals surface area (Å²) in [5, 5.41) is 22.2. The van der Waals surface area contributed by atoms with E-state index < -0.39 is 16.3 Å². The third-order valence-corrected chi connectivity index (χ3v) is 3.48. The average Bonchev–Trinajstić information content (AvgIpc) is 2.45. The number of carboxylic acid groups (broad SMARTS) is 1. The van der Waals surface area contributed by atoms with Crippen molar-refractivity contribution in [1.82, 2.24) is 5.32 Å². The van der Waals surface area contributed by atoms with Crippen molar-refractivity contribution in [3.8, 4) is 0 Å². The highest BCUT2D eigenvalue weighted by Crippen LogP contribution is 2.20. The first-order valence-corrected chi connectivity index (χ1v) is 6.52. The van der Waals surface area contributed by atoms with Gasteiger partial charge in [0.25, 0.3) is 5.69 Å². The molecule has 1 amide bonds. The third kappa shape index (κ3) is 4.55. The number of benzene rings is 1. The minimum Gasteiger partial charge on any atom is -0.481 e. The molecule has 0 aliphatic carbocycles. The Morgan fingerprint density at radius 1 is 1.33 bits per heavy atom. The predicted molar refractivity (Wildman–Crippen MR) is 75.8 cm³/mol. The van der Waals surface area contributed by atoms with E-state index in [-0.39, 0.29) is 24.6 Å². The monoisotopic (exact) mass is 294 g/mol. The zero-order valence-corrected chi connectivity index (χ0v) is 12.0. The Kier molecular flexibility index (Phi) is 5.40. The van der Waals surface area contributed by atoms with Crippen molar-refractivity contribution in [3.63, 3.8) is 0 Å². The summed E-state index contributed by atoms with van der Waals surface area (Å²) in [5.41, 5.74) is -0.402. The number of rotatable bonds is 7. The van der Waals surface area contributed by atoms with Gasteiger partial charge in [0.2, 0.25) is 5.91 Å². The summed E-state index contributed by atoms with van der Waals surface area (Å²) in [5.74, 6) is -1.27. The molecule has 1 aromatic rings. The molecule has 0 saturated heterocycles. The number of hydrogen-bond acceptors (Lipinski definition) is 4. The number of nitrogens with one attached hydrogen (secondary N) is 1. The van der Waals surface area contributed by atoms with Crippen LogP contribution >= 0.6 is 0 Å². The predicted octanol–water partition coefficient (Wildman–Crippen LogP) is 1.75. The molecule has 1 atom stereocenters. The van der Waals surface area contributed by atoms with Crippen LogP contribution in [0.2, 0.25) is 0 Å². The summed E-state index contributed by atoms with van der Waals surface area (Å²) in [6, 6.07) is 5.67. The Labute approximate surface area is 122 Å². The molecule has 0 aliphatic heterocycles. The molecule has 21 heavy (non-hydrogen) atoms. The molecule has 1 aromatic carbocycles. The van der Waals surface area contributed by atoms with Crippen LogP contribution in [0.4, 0.5) is 5.69 Å². The summed E-state index contributed by atoms with van der Waals surface area (Å²) in [4.78, 5) is 32.9. The van der Waals surface area contributed by atoms with Crippen molar-refractivity contribution >= 4 is 17.6 Å². The number of non-ortho nitro benzene ring substituents is 1. The molecule has 7 heteroatoms. The van der Waals surface area contributed by atoms with Crippen LogP contribution in [0.3, 0.4) is 0 Å². The Morgan fingerprint density at radius 2 is 1.90 bits per heavy atom. The van der Waals surface area contributed by atoms with E-state index >= 15 is 0 Å². The number of amides is 1. The molecule has 0 fully saturated rings. The van der Waals surface area contributed by atoms with Crippen LogP contribution in [0.5, 0.6) is 0 Å². The molecule has 0 radical (unpaired) electrons. The first-order chi connectivity index (χ1) is 9.78. The van der Waals surface area contributed by atoms with Gasteiger partial charge in [-0.25, -0.2) is 0 Å². The van der Waals surface area contributed by atoms with Gasteiger partial charge in [0.05, 0.1) is 16.8 Å². The van der Waals surface area contributed by atoms with Gasteiger partial charge in [-0.3, -0.25) is 19.7 Å². The number of carbonyl (C=O) groups is 2. The normalized spacial score (nSPS) is 13.2. The van der Waals surface area contributed by atoms with Gasteiger partial charge in [0.15, 0.2) is 0 Å². The number of carbonyl (C=O) groups excluding carboxylic acids is 1. The van der Waals surface area contributed by atoms with Gasteiger partial charge in [-0.1, -0.05) is 19.1 Å². The maximum atomic E-state index is 11.8. The van der Waals surface area contributed by atoms with E-state index in [0.29, 0.717) is 12.0 Å². The van der Waals surface area contributed by atoms with Crippen molar-refractivity contribution < 1.29 is 19.6 Å². The first-order valence-electron chi connectivity index (χ1n) is 6.52. The van der Waals surface area contributed by atoms with E-state index in [4.69, 9.17) is 5.11 Å². The minimum absolute atomic E-state index is 0.0383. The fourth-order valence-electron chi connectivity index (χ4n) is 1.63. The Bertz CT molecular complexity index is 541. The maximum Gasteiger partial charge on any atom is 0.311 e. The smallest absolute Gasteiger partial charge is 0.311 e. The molecule has 114 valence electrons. The standard InChI is InChI=1S/C14H18N2O5/c1-3-14(2,13(18)19)9-15-12(17)8-10-4-6-11(7-5-10)16(20)21/h4-7H,3,8-9H2,1-2H3,(H,15,17)(H,18,19). The van der Waals surface area contributed by atoms with Gasteiger partial charge in [-0.15, -0.1) is 0 Å². The molecule has 0 bridgehead atoms. The third-order valence-electron chi connectivity index (χ3n) is 3.48. The van der Waals surface area contributed by atoms with Crippen LogP contribution in [0, 0.1) is 15.5 Å². The summed E-state index contributed by atoms with van der Waals surface area (Å²) >= 11 is 0. The van der Waals surface area contributed by atoms with E-state index in [9.17, 15) is 19.7 Å². The highest BCUT2D eigenvalue weighted by atomic mass is 16.6. The minimum atomic E-state index is -0.995. The van der Waals surface area contributed by atoms with Gasteiger partial charge in [-0.05, 0) is 18.9 Å². The lowest BCUT2D eigenvalue weighted by molar-refractivity contribution is -0.384. The van der Waals surface area contributed by atoms with Gasteiger partial charge in [-0.2, -0.15) is 0 Å². The molecule has 0 aliphatic rings. The van der Waals surface area contributed by atoms with Crippen molar-refractivity contribution in [3.05, 3.63) is 39.9 Å².